The molecule has 3 rings (SSSR count). The Bertz CT molecular complexity index is 856. The summed E-state index contributed by atoms with van der Waals surface area (Å²) in [6, 6.07) is 8.71. The summed E-state index contributed by atoms with van der Waals surface area (Å²) in [5, 5.41) is 14.5. The van der Waals surface area contributed by atoms with Crippen LogP contribution in [0.25, 0.3) is 10.9 Å². The third-order valence-corrected chi connectivity index (χ3v) is 7.60. The molecule has 0 bridgehead atoms. The standard InChI is InChI=1S/C29H46N4/c1-2-3-4-5-6-10-20-33-23-28(27-21-24(22-31)14-15-29(27)33)26(16-19-32-18-11-17-30)25-12-8-7-9-13-25/h14-15,21,23,25-26,32H,2-13,16-20,30H2,1H3. The Morgan fingerprint density at radius 2 is 1.85 bits per heavy atom. The Morgan fingerprint density at radius 3 is 2.61 bits per heavy atom. The van der Waals surface area contributed by atoms with Crippen LogP contribution in [0.2, 0.25) is 0 Å². The van der Waals surface area contributed by atoms with E-state index in [1.165, 1.54) is 93.5 Å². The summed E-state index contributed by atoms with van der Waals surface area (Å²) >= 11 is 0. The molecular formula is C29H46N4. The van der Waals surface area contributed by atoms with Gasteiger partial charge in [0.1, 0.15) is 0 Å². The van der Waals surface area contributed by atoms with Gasteiger partial charge in [-0.2, -0.15) is 5.26 Å². The lowest BCUT2D eigenvalue weighted by molar-refractivity contribution is 0.293. The summed E-state index contributed by atoms with van der Waals surface area (Å²) < 4.78 is 2.49. The minimum atomic E-state index is 0.568. The van der Waals surface area contributed by atoms with Crippen LogP contribution >= 0.6 is 0 Å². The van der Waals surface area contributed by atoms with E-state index in [4.69, 9.17) is 5.73 Å². The summed E-state index contributed by atoms with van der Waals surface area (Å²) in [5.74, 6) is 1.33. The van der Waals surface area contributed by atoms with Gasteiger partial charge in [0.05, 0.1) is 11.6 Å². The third kappa shape index (κ3) is 7.59. The van der Waals surface area contributed by atoms with Crippen molar-refractivity contribution in [2.45, 2.75) is 103 Å². The van der Waals surface area contributed by atoms with E-state index in [0.29, 0.717) is 5.92 Å². The fraction of sp³-hybridized carbons (Fsp3) is 0.690. The summed E-state index contributed by atoms with van der Waals surface area (Å²) in [7, 11) is 0. The maximum absolute atomic E-state index is 9.57. The molecule has 1 aliphatic rings. The zero-order valence-electron chi connectivity index (χ0n) is 21.0. The van der Waals surface area contributed by atoms with E-state index < -0.39 is 0 Å². The molecule has 0 saturated heterocycles. The monoisotopic (exact) mass is 450 g/mol. The number of hydrogen-bond acceptors (Lipinski definition) is 3. The summed E-state index contributed by atoms with van der Waals surface area (Å²) in [6.07, 6.45) is 19.4. The summed E-state index contributed by atoms with van der Waals surface area (Å²) in [5.41, 5.74) is 9.26. The predicted molar refractivity (Wildman–Crippen MR) is 141 cm³/mol. The van der Waals surface area contributed by atoms with Crippen LogP contribution < -0.4 is 11.1 Å². The molecule has 33 heavy (non-hydrogen) atoms. The van der Waals surface area contributed by atoms with E-state index in [1.54, 1.807) is 0 Å². The van der Waals surface area contributed by atoms with Gasteiger partial charge in [-0.15, -0.1) is 0 Å². The molecule has 1 aliphatic carbocycles. The second-order valence-electron chi connectivity index (χ2n) is 10.1. The summed E-state index contributed by atoms with van der Waals surface area (Å²) in [6.45, 7) is 6.16. The van der Waals surface area contributed by atoms with Crippen LogP contribution in [0.4, 0.5) is 0 Å². The average Bonchev–Trinajstić information content (AvgIpc) is 3.21. The van der Waals surface area contributed by atoms with Crippen LogP contribution in [-0.2, 0) is 6.54 Å². The summed E-state index contributed by atoms with van der Waals surface area (Å²) in [4.78, 5) is 0. The maximum atomic E-state index is 9.57. The first-order valence-electron chi connectivity index (χ1n) is 13.7. The highest BCUT2D eigenvalue weighted by Crippen LogP contribution is 2.41. The smallest absolute Gasteiger partial charge is 0.0991 e. The number of fused-ring (bicyclic) bond motifs is 1. The number of nitriles is 1. The molecule has 1 aromatic carbocycles. The second-order valence-corrected chi connectivity index (χ2v) is 10.1. The first kappa shape index (κ1) is 25.8. The highest BCUT2D eigenvalue weighted by atomic mass is 15.0. The molecule has 1 aromatic heterocycles. The number of benzene rings is 1. The Morgan fingerprint density at radius 1 is 1.06 bits per heavy atom. The van der Waals surface area contributed by atoms with E-state index in [-0.39, 0.29) is 0 Å². The molecule has 2 aromatic rings. The van der Waals surface area contributed by atoms with Crippen LogP contribution in [0.15, 0.2) is 24.4 Å². The molecule has 1 heterocycles. The number of unbranched alkanes of at least 4 members (excludes halogenated alkanes) is 5. The lowest BCUT2D eigenvalue weighted by Gasteiger charge is -2.30. The van der Waals surface area contributed by atoms with Crippen molar-refractivity contribution in [1.82, 2.24) is 9.88 Å². The van der Waals surface area contributed by atoms with Crippen molar-refractivity contribution >= 4 is 10.9 Å². The van der Waals surface area contributed by atoms with Crippen molar-refractivity contribution in [3.8, 4) is 6.07 Å². The highest BCUT2D eigenvalue weighted by Gasteiger charge is 2.27. The van der Waals surface area contributed by atoms with Crippen molar-refractivity contribution in [1.29, 1.82) is 5.26 Å². The number of nitrogens with two attached hydrogens (primary N) is 1. The van der Waals surface area contributed by atoms with Gasteiger partial charge in [0, 0.05) is 23.6 Å². The SMILES string of the molecule is CCCCCCCCn1cc(C(CCNCCCN)C2CCCCC2)c2cc(C#N)ccc21. The van der Waals surface area contributed by atoms with Gasteiger partial charge >= 0.3 is 0 Å². The topological polar surface area (TPSA) is 66.8 Å². The molecule has 1 fully saturated rings. The largest absolute Gasteiger partial charge is 0.347 e. The highest BCUT2D eigenvalue weighted by molar-refractivity contribution is 5.86. The minimum absolute atomic E-state index is 0.568. The molecule has 0 radical (unpaired) electrons. The molecule has 0 spiro atoms. The van der Waals surface area contributed by atoms with Crippen molar-refractivity contribution in [2.75, 3.05) is 19.6 Å². The van der Waals surface area contributed by atoms with Gasteiger partial charge < -0.3 is 15.6 Å². The fourth-order valence-electron chi connectivity index (χ4n) is 5.73. The molecule has 0 aliphatic heterocycles. The van der Waals surface area contributed by atoms with Crippen molar-refractivity contribution in [3.63, 3.8) is 0 Å². The van der Waals surface area contributed by atoms with Gasteiger partial charge in [0.2, 0.25) is 0 Å². The van der Waals surface area contributed by atoms with Crippen LogP contribution in [-0.4, -0.2) is 24.2 Å². The number of nitrogens with one attached hydrogen (secondary N) is 1. The molecule has 0 amide bonds. The van der Waals surface area contributed by atoms with Crippen LogP contribution in [0, 0.1) is 17.2 Å². The molecular weight excluding hydrogens is 404 g/mol. The fourth-order valence-corrected chi connectivity index (χ4v) is 5.73. The first-order valence-corrected chi connectivity index (χ1v) is 13.7. The van der Waals surface area contributed by atoms with Gasteiger partial charge in [0.15, 0.2) is 0 Å². The Balaban J connectivity index is 1.81. The van der Waals surface area contributed by atoms with E-state index >= 15 is 0 Å². The zero-order valence-corrected chi connectivity index (χ0v) is 21.0. The van der Waals surface area contributed by atoms with Crippen LogP contribution in [0.3, 0.4) is 0 Å². The minimum Gasteiger partial charge on any atom is -0.347 e. The van der Waals surface area contributed by atoms with Crippen LogP contribution in [0.5, 0.6) is 0 Å². The average molecular weight is 451 g/mol. The second kappa shape index (κ2) is 14.4. The number of aryl methyl sites for hydroxylation is 1. The lowest BCUT2D eigenvalue weighted by atomic mass is 9.75. The first-order chi connectivity index (χ1) is 16.3. The molecule has 4 nitrogen and oxygen atoms in total. The van der Waals surface area contributed by atoms with Gasteiger partial charge in [-0.1, -0.05) is 58.3 Å². The van der Waals surface area contributed by atoms with Crippen molar-refractivity contribution < 1.29 is 0 Å². The molecule has 1 unspecified atom stereocenters. The molecule has 4 heteroatoms. The third-order valence-electron chi connectivity index (χ3n) is 7.60. The van der Waals surface area contributed by atoms with E-state index in [1.807, 2.05) is 6.07 Å². The number of aromatic nitrogens is 1. The van der Waals surface area contributed by atoms with Gasteiger partial charge in [0.25, 0.3) is 0 Å². The molecule has 1 saturated carbocycles. The Kier molecular flexibility index (Phi) is 11.3. The van der Waals surface area contributed by atoms with Crippen molar-refractivity contribution in [2.24, 2.45) is 11.7 Å². The molecule has 182 valence electrons. The number of rotatable bonds is 15. The van der Waals surface area contributed by atoms with E-state index in [0.717, 1.165) is 44.1 Å². The molecule has 1 atom stereocenters. The van der Waals surface area contributed by atoms with Crippen LogP contribution in [0.1, 0.15) is 107 Å². The number of hydrogen-bond donors (Lipinski definition) is 2. The normalized spacial score (nSPS) is 15.7. The quantitative estimate of drug-likeness (QED) is 0.291. The van der Waals surface area contributed by atoms with Crippen molar-refractivity contribution in [3.05, 3.63) is 35.5 Å². The zero-order chi connectivity index (χ0) is 23.3. The predicted octanol–water partition coefficient (Wildman–Crippen LogP) is 6.87. The lowest BCUT2D eigenvalue weighted by Crippen LogP contribution is -2.24. The van der Waals surface area contributed by atoms with Gasteiger partial charge in [-0.05, 0) is 87.3 Å². The Hall–Kier alpha value is -1.83. The van der Waals surface area contributed by atoms with E-state index in [9.17, 15) is 5.26 Å². The Labute approximate surface area is 201 Å². The van der Waals surface area contributed by atoms with Gasteiger partial charge in [-0.3, -0.25) is 0 Å². The van der Waals surface area contributed by atoms with Gasteiger partial charge in [-0.25, -0.2) is 0 Å². The van der Waals surface area contributed by atoms with E-state index in [2.05, 4.69) is 41.2 Å². The molecule has 3 N–H and O–H groups in total. The number of nitrogens with zero attached hydrogens (tertiary/aromatic N) is 2. The maximum Gasteiger partial charge on any atom is 0.0991 e.